The van der Waals surface area contributed by atoms with E-state index >= 15 is 0 Å². The summed E-state index contributed by atoms with van der Waals surface area (Å²) in [6.45, 7) is 0. The van der Waals surface area contributed by atoms with Crippen LogP contribution < -0.4 is 5.32 Å². The number of amides is 1. The van der Waals surface area contributed by atoms with Gasteiger partial charge in [0.2, 0.25) is 6.41 Å². The minimum atomic E-state index is -1.08. The van der Waals surface area contributed by atoms with Gasteiger partial charge in [-0.2, -0.15) is 0 Å². The van der Waals surface area contributed by atoms with Gasteiger partial charge in [-0.3, -0.25) is 4.79 Å². The van der Waals surface area contributed by atoms with Gasteiger partial charge in [-0.15, -0.1) is 0 Å². The zero-order valence-corrected chi connectivity index (χ0v) is 7.25. The fraction of sp³-hybridized carbons (Fsp3) is 0.250. The van der Waals surface area contributed by atoms with Crippen molar-refractivity contribution in [2.75, 3.05) is 0 Å². The average molecular weight is 195 g/mol. The molecule has 1 unspecified atom stereocenters. The standard InChI is InChI=1S/C8H9N3O3/c12-5-11-7(8(13)14)1-6-2-9-4-10-3-6/h2-5,7H,1H2,(H,11,12)(H,13,14). The van der Waals surface area contributed by atoms with E-state index in [4.69, 9.17) is 5.11 Å². The van der Waals surface area contributed by atoms with E-state index in [1.165, 1.54) is 18.7 Å². The van der Waals surface area contributed by atoms with Gasteiger partial charge in [0.15, 0.2) is 0 Å². The van der Waals surface area contributed by atoms with Gasteiger partial charge in [0.05, 0.1) is 0 Å². The number of carbonyl (C=O) groups excluding carboxylic acids is 1. The number of hydrogen-bond donors (Lipinski definition) is 2. The van der Waals surface area contributed by atoms with E-state index in [1.807, 2.05) is 0 Å². The molecule has 74 valence electrons. The zero-order chi connectivity index (χ0) is 10.4. The van der Waals surface area contributed by atoms with Crippen LogP contribution in [0.5, 0.6) is 0 Å². The van der Waals surface area contributed by atoms with Gasteiger partial charge in [-0.05, 0) is 5.56 Å². The van der Waals surface area contributed by atoms with Crippen LogP contribution in [0, 0.1) is 0 Å². The Morgan fingerprint density at radius 2 is 2.21 bits per heavy atom. The molecule has 0 aliphatic rings. The molecule has 1 heterocycles. The highest BCUT2D eigenvalue weighted by Gasteiger charge is 2.16. The highest BCUT2D eigenvalue weighted by molar-refractivity contribution is 5.76. The van der Waals surface area contributed by atoms with Crippen molar-refractivity contribution in [2.45, 2.75) is 12.5 Å². The van der Waals surface area contributed by atoms with Gasteiger partial charge in [-0.1, -0.05) is 0 Å². The number of aliphatic carboxylic acids is 1. The number of nitrogens with one attached hydrogen (secondary N) is 1. The summed E-state index contributed by atoms with van der Waals surface area (Å²) in [5.41, 5.74) is 0.661. The lowest BCUT2D eigenvalue weighted by atomic mass is 10.1. The van der Waals surface area contributed by atoms with Crippen LogP contribution >= 0.6 is 0 Å². The first-order valence-corrected chi connectivity index (χ1v) is 3.90. The number of rotatable bonds is 5. The van der Waals surface area contributed by atoms with Crippen molar-refractivity contribution in [1.82, 2.24) is 15.3 Å². The van der Waals surface area contributed by atoms with Gasteiger partial charge in [0, 0.05) is 18.8 Å². The first-order valence-electron chi connectivity index (χ1n) is 3.90. The summed E-state index contributed by atoms with van der Waals surface area (Å²) >= 11 is 0. The Morgan fingerprint density at radius 1 is 1.57 bits per heavy atom. The fourth-order valence-electron chi connectivity index (χ4n) is 0.971. The second-order valence-corrected chi connectivity index (χ2v) is 2.63. The maximum Gasteiger partial charge on any atom is 0.326 e. The molecule has 0 fully saturated rings. The quantitative estimate of drug-likeness (QED) is 0.601. The number of nitrogens with zero attached hydrogens (tertiary/aromatic N) is 2. The van der Waals surface area contributed by atoms with E-state index in [2.05, 4.69) is 15.3 Å². The number of carboxylic acid groups (broad SMARTS) is 1. The molecule has 6 nitrogen and oxygen atoms in total. The van der Waals surface area contributed by atoms with Crippen LogP contribution in [0.3, 0.4) is 0 Å². The van der Waals surface area contributed by atoms with Crippen molar-refractivity contribution < 1.29 is 14.7 Å². The van der Waals surface area contributed by atoms with Crippen LogP contribution in [0.15, 0.2) is 18.7 Å². The molecule has 0 bridgehead atoms. The monoisotopic (exact) mass is 195 g/mol. The third kappa shape index (κ3) is 2.81. The number of carboxylic acids is 1. The van der Waals surface area contributed by atoms with E-state index in [0.717, 1.165) is 0 Å². The summed E-state index contributed by atoms with van der Waals surface area (Å²) in [6, 6.07) is -0.932. The molecule has 0 radical (unpaired) electrons. The van der Waals surface area contributed by atoms with E-state index in [-0.39, 0.29) is 6.42 Å². The smallest absolute Gasteiger partial charge is 0.326 e. The molecule has 2 N–H and O–H groups in total. The van der Waals surface area contributed by atoms with Crippen LogP contribution in [0.2, 0.25) is 0 Å². The molecule has 0 saturated heterocycles. The normalized spacial score (nSPS) is 11.7. The first kappa shape index (κ1) is 10.1. The molecular weight excluding hydrogens is 186 g/mol. The van der Waals surface area contributed by atoms with E-state index in [0.29, 0.717) is 12.0 Å². The molecular formula is C8H9N3O3. The van der Waals surface area contributed by atoms with Gasteiger partial charge in [-0.25, -0.2) is 14.8 Å². The summed E-state index contributed by atoms with van der Waals surface area (Å²) in [5, 5.41) is 10.9. The molecule has 0 aliphatic carbocycles. The molecule has 1 rings (SSSR count). The van der Waals surface area contributed by atoms with E-state index in [1.54, 1.807) is 0 Å². The number of hydrogen-bond acceptors (Lipinski definition) is 4. The van der Waals surface area contributed by atoms with Gasteiger partial charge in [0.25, 0.3) is 0 Å². The summed E-state index contributed by atoms with van der Waals surface area (Å²) < 4.78 is 0. The average Bonchev–Trinajstić information content (AvgIpc) is 2.18. The van der Waals surface area contributed by atoms with Crippen molar-refractivity contribution in [3.8, 4) is 0 Å². The molecule has 14 heavy (non-hydrogen) atoms. The van der Waals surface area contributed by atoms with Crippen molar-refractivity contribution in [3.05, 3.63) is 24.3 Å². The molecule has 1 aromatic rings. The van der Waals surface area contributed by atoms with Crippen molar-refractivity contribution in [2.24, 2.45) is 0 Å². The van der Waals surface area contributed by atoms with Crippen LogP contribution in [-0.2, 0) is 16.0 Å². The summed E-state index contributed by atoms with van der Waals surface area (Å²) in [4.78, 5) is 28.2. The number of carbonyl (C=O) groups is 2. The van der Waals surface area contributed by atoms with Gasteiger partial charge >= 0.3 is 5.97 Å². The Labute approximate surface area is 80.0 Å². The molecule has 1 amide bonds. The molecule has 0 aromatic carbocycles. The lowest BCUT2D eigenvalue weighted by Gasteiger charge is -2.09. The molecule has 1 atom stereocenters. The van der Waals surface area contributed by atoms with Gasteiger partial charge < -0.3 is 10.4 Å². The molecule has 1 aromatic heterocycles. The lowest BCUT2D eigenvalue weighted by Crippen LogP contribution is -2.37. The summed E-state index contributed by atoms with van der Waals surface area (Å²) in [5.74, 6) is -1.08. The Kier molecular flexibility index (Phi) is 3.54. The SMILES string of the molecule is O=CNC(Cc1cncnc1)C(=O)O. The third-order valence-corrected chi connectivity index (χ3v) is 1.62. The van der Waals surface area contributed by atoms with Gasteiger partial charge in [0.1, 0.15) is 12.4 Å². The Morgan fingerprint density at radius 3 is 2.71 bits per heavy atom. The Hall–Kier alpha value is -1.98. The second-order valence-electron chi connectivity index (χ2n) is 2.63. The maximum atomic E-state index is 10.6. The van der Waals surface area contributed by atoms with E-state index < -0.39 is 12.0 Å². The van der Waals surface area contributed by atoms with Crippen LogP contribution in [0.1, 0.15) is 5.56 Å². The topological polar surface area (TPSA) is 92.2 Å². The molecule has 0 saturated carbocycles. The van der Waals surface area contributed by atoms with Crippen LogP contribution in [0.25, 0.3) is 0 Å². The Bertz CT molecular complexity index is 315. The van der Waals surface area contributed by atoms with Crippen molar-refractivity contribution in [1.29, 1.82) is 0 Å². The summed E-state index contributed by atoms with van der Waals surface area (Å²) in [6.07, 6.45) is 4.91. The Balaban J connectivity index is 2.64. The number of aromatic nitrogens is 2. The highest BCUT2D eigenvalue weighted by atomic mass is 16.4. The largest absolute Gasteiger partial charge is 0.480 e. The molecule has 0 spiro atoms. The predicted octanol–water partition coefficient (Wildman–Crippen LogP) is -0.782. The predicted molar refractivity (Wildman–Crippen MR) is 46.4 cm³/mol. The third-order valence-electron chi connectivity index (χ3n) is 1.62. The highest BCUT2D eigenvalue weighted by Crippen LogP contribution is 1.99. The first-order chi connectivity index (χ1) is 6.74. The minimum absolute atomic E-state index is 0.176. The second kappa shape index (κ2) is 4.90. The summed E-state index contributed by atoms with van der Waals surface area (Å²) in [7, 11) is 0. The lowest BCUT2D eigenvalue weighted by molar-refractivity contribution is -0.140. The fourth-order valence-corrected chi connectivity index (χ4v) is 0.971. The minimum Gasteiger partial charge on any atom is -0.480 e. The van der Waals surface area contributed by atoms with Crippen molar-refractivity contribution in [3.63, 3.8) is 0 Å². The van der Waals surface area contributed by atoms with E-state index in [9.17, 15) is 9.59 Å². The van der Waals surface area contributed by atoms with Crippen LogP contribution in [-0.4, -0.2) is 33.5 Å². The van der Waals surface area contributed by atoms with Crippen LogP contribution in [0.4, 0.5) is 0 Å². The molecule has 0 aliphatic heterocycles. The zero-order valence-electron chi connectivity index (χ0n) is 7.25. The molecule has 6 heteroatoms. The maximum absolute atomic E-state index is 10.6. The van der Waals surface area contributed by atoms with Crippen molar-refractivity contribution >= 4 is 12.4 Å².